The van der Waals surface area contributed by atoms with E-state index in [2.05, 4.69) is 15.6 Å². The number of aromatic nitrogens is 3. The Bertz CT molecular complexity index is 1700. The van der Waals surface area contributed by atoms with Gasteiger partial charge in [0.2, 0.25) is 18.6 Å². The lowest BCUT2D eigenvalue weighted by molar-refractivity contribution is -0.142. The molecule has 0 radical (unpaired) electrons. The fraction of sp³-hybridized carbons (Fsp3) is 0.188. The molecule has 1 N–H and O–H groups in total. The van der Waals surface area contributed by atoms with Gasteiger partial charge in [-0.2, -0.15) is 0 Å². The average molecular weight is 548 g/mol. The Labute approximate surface area is 237 Å². The van der Waals surface area contributed by atoms with Crippen molar-refractivity contribution in [2.24, 2.45) is 0 Å². The fourth-order valence-electron chi connectivity index (χ4n) is 5.04. The largest absolute Gasteiger partial charge is 0.454 e. The van der Waals surface area contributed by atoms with Gasteiger partial charge in [-0.1, -0.05) is 78.0 Å². The van der Waals surface area contributed by atoms with Crippen LogP contribution in [0.5, 0.6) is 11.5 Å². The van der Waals surface area contributed by atoms with Gasteiger partial charge in [0, 0.05) is 13.1 Å². The number of rotatable bonds is 9. The van der Waals surface area contributed by atoms with E-state index in [1.165, 1.54) is 0 Å². The molecule has 4 aromatic carbocycles. The second kappa shape index (κ2) is 11.5. The van der Waals surface area contributed by atoms with Crippen LogP contribution in [0.25, 0.3) is 11.0 Å². The fourth-order valence-corrected chi connectivity index (χ4v) is 5.04. The quantitative estimate of drug-likeness (QED) is 0.291. The number of hydrogen-bond donors (Lipinski definition) is 1. The summed E-state index contributed by atoms with van der Waals surface area (Å²) in [6.45, 7) is 2.51. The second-order valence-corrected chi connectivity index (χ2v) is 9.91. The van der Waals surface area contributed by atoms with Crippen LogP contribution in [0.15, 0.2) is 97.1 Å². The molecular weight excluding hydrogens is 518 g/mol. The zero-order valence-corrected chi connectivity index (χ0v) is 22.6. The summed E-state index contributed by atoms with van der Waals surface area (Å²) < 4.78 is 12.6. The van der Waals surface area contributed by atoms with Crippen LogP contribution >= 0.6 is 0 Å². The number of para-hydroxylation sites is 1. The van der Waals surface area contributed by atoms with Crippen molar-refractivity contribution >= 4 is 22.8 Å². The number of carbonyl (C=O) groups excluding carboxylic acids is 2. The molecular formula is C32H29N5O4. The predicted molar refractivity (Wildman–Crippen MR) is 153 cm³/mol. The molecule has 0 aliphatic carbocycles. The number of aryl methyl sites for hydroxylation is 1. The van der Waals surface area contributed by atoms with Crippen molar-refractivity contribution in [2.45, 2.75) is 32.6 Å². The molecule has 206 valence electrons. The number of nitrogens with one attached hydrogen (secondary N) is 1. The molecule has 9 nitrogen and oxygen atoms in total. The van der Waals surface area contributed by atoms with Crippen molar-refractivity contribution in [3.8, 4) is 11.5 Å². The van der Waals surface area contributed by atoms with Crippen LogP contribution in [-0.2, 0) is 29.2 Å². The summed E-state index contributed by atoms with van der Waals surface area (Å²) in [6.07, 6.45) is 0. The van der Waals surface area contributed by atoms with E-state index in [4.69, 9.17) is 9.47 Å². The highest BCUT2D eigenvalue weighted by Crippen LogP contribution is 2.34. The molecule has 6 rings (SSSR count). The summed E-state index contributed by atoms with van der Waals surface area (Å²) in [5, 5.41) is 11.5. The lowest BCUT2D eigenvalue weighted by Crippen LogP contribution is -2.44. The number of carbonyl (C=O) groups is 2. The van der Waals surface area contributed by atoms with Gasteiger partial charge in [-0.3, -0.25) is 9.59 Å². The summed E-state index contributed by atoms with van der Waals surface area (Å²) in [6, 6.07) is 29.5. The van der Waals surface area contributed by atoms with Gasteiger partial charge in [0.25, 0.3) is 0 Å². The first-order valence-electron chi connectivity index (χ1n) is 13.4. The minimum absolute atomic E-state index is 0.0839. The van der Waals surface area contributed by atoms with E-state index in [-0.39, 0.29) is 31.7 Å². The van der Waals surface area contributed by atoms with Gasteiger partial charge < -0.3 is 19.7 Å². The number of nitrogens with zero attached hydrogens (tertiary/aromatic N) is 4. The monoisotopic (exact) mass is 547 g/mol. The van der Waals surface area contributed by atoms with Gasteiger partial charge in [0.1, 0.15) is 18.1 Å². The minimum atomic E-state index is -0.896. The molecule has 0 fully saturated rings. The van der Waals surface area contributed by atoms with E-state index in [0.29, 0.717) is 23.6 Å². The molecule has 0 saturated heterocycles. The van der Waals surface area contributed by atoms with Crippen LogP contribution < -0.4 is 14.8 Å². The molecule has 1 aliphatic heterocycles. The van der Waals surface area contributed by atoms with E-state index in [0.717, 1.165) is 27.8 Å². The van der Waals surface area contributed by atoms with Gasteiger partial charge in [-0.05, 0) is 53.4 Å². The summed E-state index contributed by atoms with van der Waals surface area (Å²) >= 11 is 0. The van der Waals surface area contributed by atoms with E-state index < -0.39 is 6.04 Å². The molecule has 0 spiro atoms. The van der Waals surface area contributed by atoms with E-state index in [1.54, 1.807) is 9.58 Å². The average Bonchev–Trinajstić information content (AvgIpc) is 3.64. The smallest absolute Gasteiger partial charge is 0.247 e. The van der Waals surface area contributed by atoms with E-state index in [1.807, 2.05) is 104 Å². The van der Waals surface area contributed by atoms with Crippen LogP contribution in [0.4, 0.5) is 0 Å². The molecule has 1 aliphatic rings. The highest BCUT2D eigenvalue weighted by Gasteiger charge is 2.33. The molecule has 0 bridgehead atoms. The molecule has 2 heterocycles. The van der Waals surface area contributed by atoms with Crippen LogP contribution in [0.1, 0.15) is 28.3 Å². The van der Waals surface area contributed by atoms with Crippen LogP contribution in [0, 0.1) is 6.92 Å². The van der Waals surface area contributed by atoms with Crippen molar-refractivity contribution in [3.05, 3.63) is 119 Å². The molecule has 0 unspecified atom stereocenters. The summed E-state index contributed by atoms with van der Waals surface area (Å²) in [4.78, 5) is 29.8. The Hall–Kier alpha value is -5.18. The molecule has 1 aromatic heterocycles. The van der Waals surface area contributed by atoms with Gasteiger partial charge >= 0.3 is 0 Å². The van der Waals surface area contributed by atoms with Crippen molar-refractivity contribution in [2.75, 3.05) is 6.79 Å². The highest BCUT2D eigenvalue weighted by molar-refractivity contribution is 5.89. The standard InChI is InChI=1S/C32H29N5O4/c1-22-9-5-6-12-25(22)31(32(39)33-18-23-10-3-2-4-11-23)36(19-24-15-16-28-29(17-24)41-21-40-28)30(38)20-37-27-14-8-7-13-26(27)34-35-37/h2-17,31H,18-21H2,1H3,(H,33,39)/t31-/m1/s1. The normalized spacial score (nSPS) is 12.7. The molecule has 5 aromatic rings. The number of ether oxygens (including phenoxy) is 2. The Morgan fingerprint density at radius 1 is 0.902 bits per heavy atom. The zero-order valence-electron chi connectivity index (χ0n) is 22.6. The first-order valence-corrected chi connectivity index (χ1v) is 13.4. The van der Waals surface area contributed by atoms with Crippen LogP contribution in [-0.4, -0.2) is 38.5 Å². The topological polar surface area (TPSA) is 98.6 Å². The molecule has 1 atom stereocenters. The maximum absolute atomic E-state index is 14.2. The summed E-state index contributed by atoms with van der Waals surface area (Å²) in [7, 11) is 0. The molecule has 9 heteroatoms. The lowest BCUT2D eigenvalue weighted by atomic mass is 9.98. The first kappa shape index (κ1) is 26.1. The number of fused-ring (bicyclic) bond motifs is 2. The SMILES string of the molecule is Cc1ccccc1[C@H](C(=O)NCc1ccccc1)N(Cc1ccc2c(c1)OCO2)C(=O)Cn1nnc2ccccc21. The van der Waals surface area contributed by atoms with Crippen molar-refractivity contribution in [3.63, 3.8) is 0 Å². The Morgan fingerprint density at radius 2 is 1.66 bits per heavy atom. The molecule has 0 saturated carbocycles. The number of amides is 2. The first-order chi connectivity index (χ1) is 20.1. The second-order valence-electron chi connectivity index (χ2n) is 9.91. The predicted octanol–water partition coefficient (Wildman–Crippen LogP) is 4.55. The summed E-state index contributed by atoms with van der Waals surface area (Å²) in [5.41, 5.74) is 4.86. The number of benzene rings is 4. The molecule has 2 amide bonds. The zero-order chi connectivity index (χ0) is 28.2. The van der Waals surface area contributed by atoms with Gasteiger partial charge in [0.15, 0.2) is 11.5 Å². The van der Waals surface area contributed by atoms with Crippen molar-refractivity contribution < 1.29 is 19.1 Å². The van der Waals surface area contributed by atoms with Gasteiger partial charge in [0.05, 0.1) is 5.52 Å². The lowest BCUT2D eigenvalue weighted by Gasteiger charge is -2.32. The highest BCUT2D eigenvalue weighted by atomic mass is 16.7. The van der Waals surface area contributed by atoms with Crippen molar-refractivity contribution in [1.29, 1.82) is 0 Å². The van der Waals surface area contributed by atoms with Gasteiger partial charge in [-0.15, -0.1) is 5.10 Å². The Morgan fingerprint density at radius 3 is 2.51 bits per heavy atom. The third-order valence-corrected chi connectivity index (χ3v) is 7.17. The molecule has 41 heavy (non-hydrogen) atoms. The third-order valence-electron chi connectivity index (χ3n) is 7.17. The number of hydrogen-bond acceptors (Lipinski definition) is 6. The third kappa shape index (κ3) is 5.60. The van der Waals surface area contributed by atoms with E-state index in [9.17, 15) is 9.59 Å². The van der Waals surface area contributed by atoms with Crippen molar-refractivity contribution in [1.82, 2.24) is 25.2 Å². The minimum Gasteiger partial charge on any atom is -0.454 e. The Kier molecular flexibility index (Phi) is 7.32. The van der Waals surface area contributed by atoms with E-state index >= 15 is 0 Å². The van der Waals surface area contributed by atoms with Gasteiger partial charge in [-0.25, -0.2) is 4.68 Å². The van der Waals surface area contributed by atoms with Crippen LogP contribution in [0.3, 0.4) is 0 Å². The maximum Gasteiger partial charge on any atom is 0.247 e. The summed E-state index contributed by atoms with van der Waals surface area (Å²) in [5.74, 6) is 0.706. The Balaban J connectivity index is 1.38. The van der Waals surface area contributed by atoms with Crippen LogP contribution in [0.2, 0.25) is 0 Å². The maximum atomic E-state index is 14.2.